The van der Waals surface area contributed by atoms with Crippen LogP contribution in [0.4, 0.5) is 5.69 Å². The summed E-state index contributed by atoms with van der Waals surface area (Å²) in [6.45, 7) is 0. The molecule has 2 aromatic carbocycles. The lowest BCUT2D eigenvalue weighted by Crippen LogP contribution is -2.18. The van der Waals surface area contributed by atoms with E-state index in [0.29, 0.717) is 17.7 Å². The standard InChI is InChI=1S/C18H16N2O2S/c1-19-18(22)13-6-4-7-14(9-13)20-17(21)11-15-10-12-5-2-3-8-16(12)23-15/h2-10H,11H2,1H3,(H,19,22)(H,20,21). The Morgan fingerprint density at radius 3 is 2.65 bits per heavy atom. The van der Waals surface area contributed by atoms with Gasteiger partial charge in [-0.15, -0.1) is 11.3 Å². The highest BCUT2D eigenvalue weighted by Crippen LogP contribution is 2.25. The van der Waals surface area contributed by atoms with Crippen LogP contribution >= 0.6 is 11.3 Å². The van der Waals surface area contributed by atoms with Gasteiger partial charge >= 0.3 is 0 Å². The highest BCUT2D eigenvalue weighted by Gasteiger charge is 2.09. The van der Waals surface area contributed by atoms with Crippen LogP contribution in [0.2, 0.25) is 0 Å². The average Bonchev–Trinajstić information content (AvgIpc) is 2.96. The maximum Gasteiger partial charge on any atom is 0.251 e. The van der Waals surface area contributed by atoms with Gasteiger partial charge < -0.3 is 10.6 Å². The second kappa shape index (κ2) is 6.62. The SMILES string of the molecule is CNC(=O)c1cccc(NC(=O)Cc2cc3ccccc3s2)c1. The van der Waals surface area contributed by atoms with Gasteiger partial charge in [-0.2, -0.15) is 0 Å². The molecule has 0 unspecified atom stereocenters. The van der Waals surface area contributed by atoms with Gasteiger partial charge in [-0.25, -0.2) is 0 Å². The molecule has 0 bridgehead atoms. The molecule has 3 aromatic rings. The highest BCUT2D eigenvalue weighted by atomic mass is 32.1. The van der Waals surface area contributed by atoms with Gasteiger partial charge in [0.2, 0.25) is 5.91 Å². The minimum atomic E-state index is -0.175. The number of hydrogen-bond acceptors (Lipinski definition) is 3. The molecule has 0 saturated carbocycles. The summed E-state index contributed by atoms with van der Waals surface area (Å²) < 4.78 is 1.18. The van der Waals surface area contributed by atoms with Crippen LogP contribution in [0.15, 0.2) is 54.6 Å². The molecule has 1 aromatic heterocycles. The van der Waals surface area contributed by atoms with Crippen molar-refractivity contribution in [3.8, 4) is 0 Å². The first-order valence-corrected chi connectivity index (χ1v) is 8.07. The maximum absolute atomic E-state index is 12.2. The summed E-state index contributed by atoms with van der Waals surface area (Å²) in [6, 6.07) is 17.0. The van der Waals surface area contributed by atoms with Crippen molar-refractivity contribution in [3.63, 3.8) is 0 Å². The molecule has 4 nitrogen and oxygen atoms in total. The second-order valence-corrected chi connectivity index (χ2v) is 6.30. The van der Waals surface area contributed by atoms with Crippen molar-refractivity contribution in [2.24, 2.45) is 0 Å². The van der Waals surface area contributed by atoms with E-state index in [9.17, 15) is 9.59 Å². The molecule has 0 aliphatic heterocycles. The molecule has 3 rings (SSSR count). The fraction of sp³-hybridized carbons (Fsp3) is 0.111. The number of carbonyl (C=O) groups excluding carboxylic acids is 2. The summed E-state index contributed by atoms with van der Waals surface area (Å²) in [4.78, 5) is 24.8. The number of anilines is 1. The van der Waals surface area contributed by atoms with E-state index in [1.807, 2.05) is 30.3 Å². The van der Waals surface area contributed by atoms with Gasteiger partial charge in [-0.05, 0) is 35.7 Å². The van der Waals surface area contributed by atoms with Crippen LogP contribution in [0.5, 0.6) is 0 Å². The zero-order valence-corrected chi connectivity index (χ0v) is 13.4. The zero-order chi connectivity index (χ0) is 16.2. The number of thiophene rings is 1. The number of nitrogens with one attached hydrogen (secondary N) is 2. The lowest BCUT2D eigenvalue weighted by molar-refractivity contribution is -0.115. The van der Waals surface area contributed by atoms with Crippen LogP contribution in [0.3, 0.4) is 0 Å². The molecule has 1 heterocycles. The Balaban J connectivity index is 1.70. The monoisotopic (exact) mass is 324 g/mol. The van der Waals surface area contributed by atoms with Gasteiger partial charge in [-0.1, -0.05) is 24.3 Å². The average molecular weight is 324 g/mol. The Hall–Kier alpha value is -2.66. The number of fused-ring (bicyclic) bond motifs is 1. The van der Waals surface area contributed by atoms with Crippen LogP contribution in [0.1, 0.15) is 15.2 Å². The zero-order valence-electron chi connectivity index (χ0n) is 12.6. The van der Waals surface area contributed by atoms with Crippen LogP contribution in [-0.2, 0) is 11.2 Å². The molecule has 0 aliphatic rings. The minimum absolute atomic E-state index is 0.0920. The van der Waals surface area contributed by atoms with E-state index in [4.69, 9.17) is 0 Å². The van der Waals surface area contributed by atoms with E-state index in [-0.39, 0.29) is 11.8 Å². The summed E-state index contributed by atoms with van der Waals surface area (Å²) >= 11 is 1.62. The Labute approximate surface area is 138 Å². The quantitative estimate of drug-likeness (QED) is 0.772. The van der Waals surface area contributed by atoms with E-state index in [2.05, 4.69) is 10.6 Å². The van der Waals surface area contributed by atoms with Gasteiger partial charge in [0.15, 0.2) is 0 Å². The third kappa shape index (κ3) is 3.57. The Kier molecular flexibility index (Phi) is 4.39. The van der Waals surface area contributed by atoms with Gasteiger partial charge in [0.25, 0.3) is 5.91 Å². The predicted molar refractivity (Wildman–Crippen MR) is 94.0 cm³/mol. The van der Waals surface area contributed by atoms with Gasteiger partial charge in [0.1, 0.15) is 0 Å². The lowest BCUT2D eigenvalue weighted by Gasteiger charge is -2.06. The topological polar surface area (TPSA) is 58.2 Å². The van der Waals surface area contributed by atoms with Crippen molar-refractivity contribution in [1.82, 2.24) is 5.32 Å². The highest BCUT2D eigenvalue weighted by molar-refractivity contribution is 7.19. The first-order chi connectivity index (χ1) is 11.2. The smallest absolute Gasteiger partial charge is 0.251 e. The summed E-state index contributed by atoms with van der Waals surface area (Å²) in [5.74, 6) is -0.267. The molecule has 0 radical (unpaired) electrons. The van der Waals surface area contributed by atoms with E-state index in [0.717, 1.165) is 10.3 Å². The molecule has 2 amide bonds. The fourth-order valence-corrected chi connectivity index (χ4v) is 3.43. The summed E-state index contributed by atoms with van der Waals surface area (Å²) in [5, 5.41) is 6.56. The Morgan fingerprint density at radius 1 is 1.04 bits per heavy atom. The third-order valence-corrected chi connectivity index (χ3v) is 4.56. The summed E-state index contributed by atoms with van der Waals surface area (Å²) in [6.07, 6.45) is 0.323. The van der Waals surface area contributed by atoms with Crippen molar-refractivity contribution in [2.45, 2.75) is 6.42 Å². The number of hydrogen-bond donors (Lipinski definition) is 2. The van der Waals surface area contributed by atoms with Crippen LogP contribution in [0.25, 0.3) is 10.1 Å². The fourth-order valence-electron chi connectivity index (χ4n) is 2.37. The van der Waals surface area contributed by atoms with Crippen molar-refractivity contribution >= 4 is 38.9 Å². The van der Waals surface area contributed by atoms with Crippen LogP contribution < -0.4 is 10.6 Å². The lowest BCUT2D eigenvalue weighted by atomic mass is 10.2. The van der Waals surface area contributed by atoms with Gasteiger partial charge in [0, 0.05) is 27.9 Å². The molecule has 0 saturated heterocycles. The third-order valence-electron chi connectivity index (χ3n) is 3.45. The molecular weight excluding hydrogens is 308 g/mol. The predicted octanol–water partition coefficient (Wildman–Crippen LogP) is 3.44. The number of amides is 2. The molecule has 0 spiro atoms. The maximum atomic E-state index is 12.2. The molecule has 5 heteroatoms. The molecule has 0 fully saturated rings. The summed E-state index contributed by atoms with van der Waals surface area (Å²) in [7, 11) is 1.58. The van der Waals surface area contributed by atoms with E-state index in [1.165, 1.54) is 4.70 Å². The first-order valence-electron chi connectivity index (χ1n) is 7.25. The molecule has 2 N–H and O–H groups in total. The number of rotatable bonds is 4. The largest absolute Gasteiger partial charge is 0.355 e. The van der Waals surface area contributed by atoms with Crippen molar-refractivity contribution in [1.29, 1.82) is 0 Å². The Morgan fingerprint density at radius 2 is 1.87 bits per heavy atom. The number of carbonyl (C=O) groups is 2. The normalized spacial score (nSPS) is 10.5. The second-order valence-electron chi connectivity index (χ2n) is 5.14. The molecular formula is C18H16N2O2S. The first kappa shape index (κ1) is 15.2. The molecule has 23 heavy (non-hydrogen) atoms. The van der Waals surface area contributed by atoms with Crippen LogP contribution in [0, 0.1) is 0 Å². The molecule has 0 aliphatic carbocycles. The van der Waals surface area contributed by atoms with Crippen molar-refractivity contribution in [3.05, 3.63) is 65.0 Å². The Bertz CT molecular complexity index is 837. The van der Waals surface area contributed by atoms with Crippen molar-refractivity contribution in [2.75, 3.05) is 12.4 Å². The summed E-state index contributed by atoms with van der Waals surface area (Å²) in [5.41, 5.74) is 1.14. The van der Waals surface area contributed by atoms with E-state index >= 15 is 0 Å². The van der Waals surface area contributed by atoms with E-state index < -0.39 is 0 Å². The minimum Gasteiger partial charge on any atom is -0.355 e. The van der Waals surface area contributed by atoms with E-state index in [1.54, 1.807) is 42.6 Å². The molecule has 116 valence electrons. The van der Waals surface area contributed by atoms with Crippen LogP contribution in [-0.4, -0.2) is 18.9 Å². The molecule has 0 atom stereocenters. The van der Waals surface area contributed by atoms with Crippen molar-refractivity contribution < 1.29 is 9.59 Å². The van der Waals surface area contributed by atoms with Gasteiger partial charge in [0.05, 0.1) is 6.42 Å². The van der Waals surface area contributed by atoms with Gasteiger partial charge in [-0.3, -0.25) is 9.59 Å². The number of benzene rings is 2.